The van der Waals surface area contributed by atoms with E-state index in [2.05, 4.69) is 5.32 Å². The summed E-state index contributed by atoms with van der Waals surface area (Å²) in [6, 6.07) is 3.85. The van der Waals surface area contributed by atoms with Crippen molar-refractivity contribution in [3.63, 3.8) is 0 Å². The number of carbonyl (C=O) groups excluding carboxylic acids is 1. The van der Waals surface area contributed by atoms with Crippen molar-refractivity contribution in [1.29, 1.82) is 0 Å². The van der Waals surface area contributed by atoms with Crippen LogP contribution in [0, 0.1) is 5.41 Å². The monoisotopic (exact) mass is 290 g/mol. The summed E-state index contributed by atoms with van der Waals surface area (Å²) in [5.74, 6) is -0.967. The number of aliphatic carboxylic acids is 1. The van der Waals surface area contributed by atoms with Crippen LogP contribution in [0.2, 0.25) is 0 Å². The van der Waals surface area contributed by atoms with Gasteiger partial charge in [-0.3, -0.25) is 9.59 Å². The van der Waals surface area contributed by atoms with Crippen molar-refractivity contribution >= 4 is 11.9 Å². The molecule has 1 amide bonds. The number of hydrogen-bond acceptors (Lipinski definition) is 2. The minimum absolute atomic E-state index is 0.147. The van der Waals surface area contributed by atoms with E-state index < -0.39 is 11.4 Å². The van der Waals surface area contributed by atoms with Gasteiger partial charge in [0, 0.05) is 18.3 Å². The van der Waals surface area contributed by atoms with E-state index in [9.17, 15) is 14.7 Å². The van der Waals surface area contributed by atoms with Gasteiger partial charge in [-0.2, -0.15) is 0 Å². The first-order chi connectivity index (χ1) is 10.0. The molecule has 0 aromatic carbocycles. The fourth-order valence-corrected chi connectivity index (χ4v) is 3.46. The summed E-state index contributed by atoms with van der Waals surface area (Å²) < 4.78 is 2.03. The summed E-state index contributed by atoms with van der Waals surface area (Å²) in [6.07, 6.45) is 7.59. The molecular weight excluding hydrogens is 268 g/mol. The fourth-order valence-electron chi connectivity index (χ4n) is 3.46. The molecule has 1 aromatic heterocycles. The number of carbonyl (C=O) groups is 2. The third-order valence-corrected chi connectivity index (χ3v) is 5.23. The van der Waals surface area contributed by atoms with Crippen LogP contribution >= 0.6 is 0 Å². The minimum Gasteiger partial charge on any atom is -0.481 e. The number of carboxylic acid groups (broad SMARTS) is 1. The molecule has 0 aliphatic heterocycles. The van der Waals surface area contributed by atoms with Crippen LogP contribution in [0.3, 0.4) is 0 Å². The lowest BCUT2D eigenvalue weighted by Gasteiger charge is -2.30. The molecule has 0 saturated heterocycles. The zero-order chi connectivity index (χ0) is 15.0. The van der Waals surface area contributed by atoms with Gasteiger partial charge in [0.2, 0.25) is 0 Å². The van der Waals surface area contributed by atoms with Crippen LogP contribution in [-0.4, -0.2) is 27.6 Å². The SMILES string of the molecule is CC1(C(=O)O)CCCC1NC(=O)c1cccn1C1CCC1. The molecular formula is C16H22N2O3. The first-order valence-electron chi connectivity index (χ1n) is 7.73. The van der Waals surface area contributed by atoms with Crippen molar-refractivity contribution in [2.75, 3.05) is 0 Å². The summed E-state index contributed by atoms with van der Waals surface area (Å²) in [5.41, 5.74) is -0.192. The van der Waals surface area contributed by atoms with Gasteiger partial charge in [0.15, 0.2) is 0 Å². The topological polar surface area (TPSA) is 71.3 Å². The average Bonchev–Trinajstić information content (AvgIpc) is 2.96. The van der Waals surface area contributed by atoms with Gasteiger partial charge in [-0.05, 0) is 51.2 Å². The van der Waals surface area contributed by atoms with Crippen molar-refractivity contribution < 1.29 is 14.7 Å². The molecule has 1 heterocycles. The first-order valence-corrected chi connectivity index (χ1v) is 7.73. The highest BCUT2D eigenvalue weighted by Gasteiger charge is 2.46. The van der Waals surface area contributed by atoms with E-state index in [0.29, 0.717) is 18.2 Å². The van der Waals surface area contributed by atoms with Crippen molar-refractivity contribution in [3.8, 4) is 0 Å². The van der Waals surface area contributed by atoms with Crippen molar-refractivity contribution in [3.05, 3.63) is 24.0 Å². The van der Waals surface area contributed by atoms with E-state index in [1.54, 1.807) is 6.92 Å². The molecule has 2 aliphatic rings. The summed E-state index contributed by atoms with van der Waals surface area (Å²) >= 11 is 0. The molecule has 2 unspecified atom stereocenters. The number of rotatable bonds is 4. The van der Waals surface area contributed by atoms with Crippen LogP contribution in [0.25, 0.3) is 0 Å². The quantitative estimate of drug-likeness (QED) is 0.895. The normalized spacial score (nSPS) is 29.1. The molecule has 114 valence electrons. The Morgan fingerprint density at radius 1 is 1.33 bits per heavy atom. The van der Waals surface area contributed by atoms with Crippen LogP contribution in [0.5, 0.6) is 0 Å². The second-order valence-electron chi connectivity index (χ2n) is 6.53. The lowest BCUT2D eigenvalue weighted by Crippen LogP contribution is -2.47. The lowest BCUT2D eigenvalue weighted by atomic mass is 9.85. The molecule has 3 rings (SSSR count). The first kappa shape index (κ1) is 14.2. The Bertz CT molecular complexity index is 562. The third-order valence-electron chi connectivity index (χ3n) is 5.23. The Labute approximate surface area is 124 Å². The van der Waals surface area contributed by atoms with Crippen LogP contribution in [0.4, 0.5) is 0 Å². The Morgan fingerprint density at radius 3 is 2.71 bits per heavy atom. The van der Waals surface area contributed by atoms with Gasteiger partial charge in [-0.15, -0.1) is 0 Å². The summed E-state index contributed by atoms with van der Waals surface area (Å²) in [5, 5.41) is 12.4. The number of amides is 1. The molecule has 2 N–H and O–H groups in total. The third kappa shape index (κ3) is 2.34. The molecule has 2 fully saturated rings. The molecule has 0 bridgehead atoms. The van der Waals surface area contributed by atoms with Gasteiger partial charge in [0.1, 0.15) is 5.69 Å². The van der Waals surface area contributed by atoms with E-state index in [1.165, 1.54) is 6.42 Å². The average molecular weight is 290 g/mol. The molecule has 2 aliphatic carbocycles. The maximum absolute atomic E-state index is 12.5. The molecule has 0 radical (unpaired) electrons. The number of aromatic nitrogens is 1. The highest BCUT2D eigenvalue weighted by atomic mass is 16.4. The summed E-state index contributed by atoms with van der Waals surface area (Å²) in [7, 11) is 0. The van der Waals surface area contributed by atoms with Crippen molar-refractivity contribution in [1.82, 2.24) is 9.88 Å². The summed E-state index contributed by atoms with van der Waals surface area (Å²) in [4.78, 5) is 24.0. The van der Waals surface area contributed by atoms with Crippen molar-refractivity contribution in [2.24, 2.45) is 5.41 Å². The maximum Gasteiger partial charge on any atom is 0.311 e. The van der Waals surface area contributed by atoms with E-state index >= 15 is 0 Å². The van der Waals surface area contributed by atoms with Crippen LogP contribution in [0.15, 0.2) is 18.3 Å². The molecule has 2 atom stereocenters. The molecule has 5 nitrogen and oxygen atoms in total. The zero-order valence-electron chi connectivity index (χ0n) is 12.3. The Balaban J connectivity index is 1.74. The van der Waals surface area contributed by atoms with Gasteiger partial charge in [-0.1, -0.05) is 6.42 Å². The van der Waals surface area contributed by atoms with Gasteiger partial charge in [0.05, 0.1) is 5.41 Å². The summed E-state index contributed by atoms with van der Waals surface area (Å²) in [6.45, 7) is 1.73. The molecule has 21 heavy (non-hydrogen) atoms. The highest BCUT2D eigenvalue weighted by Crippen LogP contribution is 2.38. The maximum atomic E-state index is 12.5. The number of carboxylic acids is 1. The highest BCUT2D eigenvalue weighted by molar-refractivity contribution is 5.93. The Kier molecular flexibility index (Phi) is 3.51. The Hall–Kier alpha value is -1.78. The van der Waals surface area contributed by atoms with Gasteiger partial charge < -0.3 is 15.0 Å². The number of nitrogens with zero attached hydrogens (tertiary/aromatic N) is 1. The number of nitrogens with one attached hydrogen (secondary N) is 1. The van der Waals surface area contributed by atoms with Crippen molar-refractivity contribution in [2.45, 2.75) is 57.5 Å². The van der Waals surface area contributed by atoms with Crippen LogP contribution < -0.4 is 5.32 Å². The zero-order valence-corrected chi connectivity index (χ0v) is 12.3. The molecule has 2 saturated carbocycles. The van der Waals surface area contributed by atoms with E-state index in [4.69, 9.17) is 0 Å². The smallest absolute Gasteiger partial charge is 0.311 e. The predicted octanol–water partition coefficient (Wildman–Crippen LogP) is 2.59. The minimum atomic E-state index is -0.844. The second kappa shape index (κ2) is 5.20. The number of hydrogen-bond donors (Lipinski definition) is 2. The lowest BCUT2D eigenvalue weighted by molar-refractivity contribution is -0.148. The fraction of sp³-hybridized carbons (Fsp3) is 0.625. The van der Waals surface area contributed by atoms with Gasteiger partial charge >= 0.3 is 5.97 Å². The Morgan fingerprint density at radius 2 is 2.10 bits per heavy atom. The predicted molar refractivity (Wildman–Crippen MR) is 78.2 cm³/mol. The molecule has 5 heteroatoms. The standard InChI is InChI=1S/C16H22N2O3/c1-16(15(20)21)9-3-8-13(16)17-14(19)12-7-4-10-18(12)11-5-2-6-11/h4,7,10-11,13H,2-3,5-6,8-9H2,1H3,(H,17,19)(H,20,21). The van der Waals surface area contributed by atoms with Crippen LogP contribution in [0.1, 0.15) is 62.0 Å². The van der Waals surface area contributed by atoms with E-state index in [-0.39, 0.29) is 11.9 Å². The largest absolute Gasteiger partial charge is 0.481 e. The van der Waals surface area contributed by atoms with E-state index in [1.807, 2.05) is 22.9 Å². The second-order valence-corrected chi connectivity index (χ2v) is 6.53. The van der Waals surface area contributed by atoms with E-state index in [0.717, 1.165) is 25.7 Å². The van der Waals surface area contributed by atoms with Crippen LogP contribution in [-0.2, 0) is 4.79 Å². The van der Waals surface area contributed by atoms with Gasteiger partial charge in [-0.25, -0.2) is 0 Å². The van der Waals surface area contributed by atoms with Gasteiger partial charge in [0.25, 0.3) is 5.91 Å². The molecule has 1 aromatic rings. The molecule has 0 spiro atoms.